The van der Waals surface area contributed by atoms with E-state index in [4.69, 9.17) is 0 Å². The van der Waals surface area contributed by atoms with Crippen molar-refractivity contribution in [3.8, 4) is 0 Å². The van der Waals surface area contributed by atoms with Gasteiger partial charge in [0.15, 0.2) is 0 Å². The standard InChI is InChI=1S/Mg.2Te.Zn/q+2;2*-2;+2. The summed E-state index contributed by atoms with van der Waals surface area (Å²) in [4.78, 5) is 0. The summed E-state index contributed by atoms with van der Waals surface area (Å²) in [6, 6.07) is 0. The summed E-state index contributed by atoms with van der Waals surface area (Å²) in [7, 11) is 0. The van der Waals surface area contributed by atoms with Gasteiger partial charge in [0.25, 0.3) is 0 Å². The second kappa shape index (κ2) is 16.7. The molecule has 0 N–H and O–H groups in total. The van der Waals surface area contributed by atoms with Crippen molar-refractivity contribution in [2.75, 3.05) is 0 Å². The smallest absolute Gasteiger partial charge is 2.00 e. The molecule has 0 fully saturated rings. The van der Waals surface area contributed by atoms with Crippen LogP contribution in [0.2, 0.25) is 0 Å². The van der Waals surface area contributed by atoms with Crippen molar-refractivity contribution in [1.29, 1.82) is 0 Å². The summed E-state index contributed by atoms with van der Waals surface area (Å²) >= 11 is 0. The summed E-state index contributed by atoms with van der Waals surface area (Å²) in [6.07, 6.45) is 0. The van der Waals surface area contributed by atoms with E-state index in [1.807, 2.05) is 0 Å². The maximum Gasteiger partial charge on any atom is 2.00 e. The van der Waals surface area contributed by atoms with Crippen LogP contribution in [-0.2, 0) is 19.5 Å². The molecule has 0 aliphatic carbocycles. The number of rotatable bonds is 0. The molecule has 0 aliphatic heterocycles. The molecule has 0 saturated heterocycles. The fourth-order valence-electron chi connectivity index (χ4n) is 0. The molecule has 0 radical (unpaired) electrons. The van der Waals surface area contributed by atoms with Gasteiger partial charge in [0, 0.05) is 0 Å². The second-order valence-corrected chi connectivity index (χ2v) is 0. The zero-order chi connectivity index (χ0) is 0. The van der Waals surface area contributed by atoms with Crippen molar-refractivity contribution in [3.05, 3.63) is 0 Å². The van der Waals surface area contributed by atoms with E-state index in [9.17, 15) is 0 Å². The van der Waals surface area contributed by atoms with E-state index in [0.29, 0.717) is 0 Å². The van der Waals surface area contributed by atoms with Gasteiger partial charge in [-0.1, -0.05) is 0 Å². The first-order valence-electron chi connectivity index (χ1n) is 0. The Morgan fingerprint density at radius 1 is 0.750 bits per heavy atom. The molecule has 0 rings (SSSR count). The van der Waals surface area contributed by atoms with E-state index < -0.39 is 0 Å². The number of hydrogen-bond acceptors (Lipinski definition) is 0. The predicted molar refractivity (Wildman–Crippen MR) is 17.3 cm³/mol. The van der Waals surface area contributed by atoms with E-state index in [1.165, 1.54) is 0 Å². The molecule has 0 atom stereocenters. The molecule has 0 bridgehead atoms. The Balaban J connectivity index is 0. The van der Waals surface area contributed by atoms with Crippen LogP contribution in [0.3, 0.4) is 0 Å². The fourth-order valence-corrected chi connectivity index (χ4v) is 0. The summed E-state index contributed by atoms with van der Waals surface area (Å²) in [5, 5.41) is 0. The zero-order valence-corrected chi connectivity index (χ0v) is 11.3. The Morgan fingerprint density at radius 3 is 0.750 bits per heavy atom. The molecule has 0 unspecified atom stereocenters. The van der Waals surface area contributed by atoms with Crippen molar-refractivity contribution in [2.24, 2.45) is 0 Å². The molecule has 0 aliphatic rings. The van der Waals surface area contributed by atoms with Crippen LogP contribution in [0, 0.1) is 0 Å². The first-order chi connectivity index (χ1) is 0. The van der Waals surface area contributed by atoms with Crippen LogP contribution in [0.15, 0.2) is 0 Å². The quantitative estimate of drug-likeness (QED) is 0.487. The van der Waals surface area contributed by atoms with Gasteiger partial charge in [0.05, 0.1) is 0 Å². The minimum absolute atomic E-state index is 0. The van der Waals surface area contributed by atoms with Gasteiger partial charge in [0.2, 0.25) is 0 Å². The second-order valence-electron chi connectivity index (χ2n) is 0. The van der Waals surface area contributed by atoms with Gasteiger partial charge in [-0.15, -0.1) is 0 Å². The minimum atomic E-state index is 0. The normalized spacial score (nSPS) is 0. The van der Waals surface area contributed by atoms with Crippen LogP contribution >= 0.6 is 0 Å². The van der Waals surface area contributed by atoms with Crippen molar-refractivity contribution >= 4 is 70.4 Å². The molecule has 0 aromatic carbocycles. The van der Waals surface area contributed by atoms with Gasteiger partial charge in [-0.3, -0.25) is 0 Å². The maximum absolute atomic E-state index is 0. The van der Waals surface area contributed by atoms with E-state index in [0.717, 1.165) is 0 Å². The van der Waals surface area contributed by atoms with E-state index in [2.05, 4.69) is 0 Å². The summed E-state index contributed by atoms with van der Waals surface area (Å²) in [6.45, 7) is 0. The van der Waals surface area contributed by atoms with Crippen molar-refractivity contribution in [1.82, 2.24) is 0 Å². The molecule has 0 saturated carbocycles. The van der Waals surface area contributed by atoms with Crippen molar-refractivity contribution in [2.45, 2.75) is 0 Å². The van der Waals surface area contributed by atoms with Gasteiger partial charge in [-0.2, -0.15) is 0 Å². The molecule has 16 valence electrons. The average Bonchev–Trinajstić information content (AvgIpc) is 0. The third-order valence-electron chi connectivity index (χ3n) is 0. The van der Waals surface area contributed by atoms with Crippen LogP contribution in [0.4, 0.5) is 0 Å². The van der Waals surface area contributed by atoms with Crippen molar-refractivity contribution in [3.63, 3.8) is 0 Å². The van der Waals surface area contributed by atoms with Gasteiger partial charge in [-0.25, -0.2) is 0 Å². The predicted octanol–water partition coefficient (Wildman–Crippen LogP) is -1.14. The van der Waals surface area contributed by atoms with Gasteiger partial charge >= 0.3 is 42.5 Å². The van der Waals surface area contributed by atoms with Crippen LogP contribution < -0.4 is 0 Å². The SMILES string of the molecule is [Mg+2].[Te-2].[Te-2].[Zn+2]. The monoisotopic (exact) mass is 348 g/mol. The molecule has 0 spiro atoms. The van der Waals surface area contributed by atoms with E-state index in [1.54, 1.807) is 0 Å². The van der Waals surface area contributed by atoms with Crippen LogP contribution in [0.5, 0.6) is 0 Å². The molecule has 4 heavy (non-hydrogen) atoms. The van der Waals surface area contributed by atoms with Crippen LogP contribution in [0.25, 0.3) is 0 Å². The molecular weight excluding hydrogens is 345 g/mol. The Bertz CT molecular complexity index is 6.00. The molecule has 4 heteroatoms. The Morgan fingerprint density at radius 2 is 0.750 bits per heavy atom. The Hall–Kier alpha value is 2.97. The molecule has 0 heterocycles. The number of hydrogen-bond donors (Lipinski definition) is 0. The van der Waals surface area contributed by atoms with Crippen molar-refractivity contribution < 1.29 is 19.5 Å². The maximum atomic E-state index is 0. The van der Waals surface area contributed by atoms with E-state index >= 15 is 0 Å². The van der Waals surface area contributed by atoms with Gasteiger partial charge in [-0.05, 0) is 0 Å². The largest absolute Gasteiger partial charge is 2.00 e. The minimum Gasteiger partial charge on any atom is -2.00 e. The third-order valence-corrected chi connectivity index (χ3v) is 0. The first-order valence-corrected chi connectivity index (χ1v) is 0. The third kappa shape index (κ3) is 8.88. The molecular formula is MgTe2Zn. The van der Waals surface area contributed by atoms with Gasteiger partial charge < -0.3 is 47.3 Å². The average molecular weight is 345 g/mol. The molecule has 0 aromatic rings. The Labute approximate surface area is 88.2 Å². The topological polar surface area (TPSA) is 0 Å². The molecule has 0 amide bonds. The Kier molecular flexibility index (Phi) is 118. The van der Waals surface area contributed by atoms with Crippen LogP contribution in [-0.4, -0.2) is 70.4 Å². The molecule has 0 aromatic heterocycles. The zero-order valence-electron chi connectivity index (χ0n) is 2.23. The summed E-state index contributed by atoms with van der Waals surface area (Å²) in [5.41, 5.74) is 0. The first kappa shape index (κ1) is 28.2. The summed E-state index contributed by atoms with van der Waals surface area (Å²) < 4.78 is 0. The molecule has 0 nitrogen and oxygen atoms in total. The van der Waals surface area contributed by atoms with Gasteiger partial charge in [0.1, 0.15) is 0 Å². The summed E-state index contributed by atoms with van der Waals surface area (Å²) in [5.74, 6) is 0. The van der Waals surface area contributed by atoms with Crippen LogP contribution in [0.1, 0.15) is 0 Å². The van der Waals surface area contributed by atoms with E-state index in [-0.39, 0.29) is 89.9 Å². The fraction of sp³-hybridized carbons (Fsp3) is 0.